The molecule has 0 saturated heterocycles. The SMILES string of the molecule is CC(=O)N[C@@H](Cc1ccc(O)cc1)C(=O)N[C@@H](CC(=O)O)C(=O)N[C@@H](Cc1c[nH]cn1)C(=O)N[C@@H](Cc1ccccc1)C(N)=O.CC(=O)O.N=C(N)NCCC[C@H](NC(=O)[C@@H](N)CCC(=O)O)C(=O)NCCc1ccccc1. The molecule has 0 fully saturated rings. The van der Waals surface area contributed by atoms with Crippen molar-refractivity contribution in [2.45, 2.75) is 108 Å². The van der Waals surface area contributed by atoms with Crippen molar-refractivity contribution >= 4 is 65.2 Å². The van der Waals surface area contributed by atoms with Gasteiger partial charge in [-0.25, -0.2) is 4.98 Å². The molecule has 27 heteroatoms. The first kappa shape index (κ1) is 64.7. The summed E-state index contributed by atoms with van der Waals surface area (Å²) in [7, 11) is 0. The van der Waals surface area contributed by atoms with Crippen LogP contribution in [-0.2, 0) is 73.6 Å². The summed E-state index contributed by atoms with van der Waals surface area (Å²) in [5.41, 5.74) is 19.2. The summed E-state index contributed by atoms with van der Waals surface area (Å²) in [5, 5.41) is 60.2. The van der Waals surface area contributed by atoms with Gasteiger partial charge in [0.1, 0.15) is 36.0 Å². The maximum absolute atomic E-state index is 13.4. The lowest BCUT2D eigenvalue weighted by molar-refractivity contribution is -0.141. The zero-order valence-corrected chi connectivity index (χ0v) is 43.0. The highest BCUT2D eigenvalue weighted by Gasteiger charge is 2.33. The third kappa shape index (κ3) is 27.8. The molecule has 0 aliphatic carbocycles. The highest BCUT2D eigenvalue weighted by molar-refractivity contribution is 5.97. The van der Waals surface area contributed by atoms with E-state index in [9.17, 15) is 53.4 Å². The summed E-state index contributed by atoms with van der Waals surface area (Å²) in [5.74, 6) is -8.42. The molecule has 7 amide bonds. The first-order valence-electron chi connectivity index (χ1n) is 24.3. The molecule has 0 aliphatic rings. The Kier molecular flexibility index (Phi) is 29.0. The number of rotatable bonds is 29. The van der Waals surface area contributed by atoms with Crippen molar-refractivity contribution in [1.82, 2.24) is 47.2 Å². The van der Waals surface area contributed by atoms with E-state index >= 15 is 0 Å². The smallest absolute Gasteiger partial charge is 0.305 e. The zero-order chi connectivity index (χ0) is 58.2. The summed E-state index contributed by atoms with van der Waals surface area (Å²) in [4.78, 5) is 127. The van der Waals surface area contributed by atoms with E-state index in [0.717, 1.165) is 18.1 Å². The molecule has 0 aliphatic heterocycles. The van der Waals surface area contributed by atoms with Gasteiger partial charge in [0.2, 0.25) is 41.4 Å². The number of hydrogen-bond acceptors (Lipinski definition) is 14. The molecule has 422 valence electrons. The molecule has 78 heavy (non-hydrogen) atoms. The molecular formula is C51H69N13O14. The van der Waals surface area contributed by atoms with E-state index in [1.807, 2.05) is 30.3 Å². The van der Waals surface area contributed by atoms with Crippen LogP contribution >= 0.6 is 0 Å². The number of primary amides is 1. The van der Waals surface area contributed by atoms with E-state index in [0.29, 0.717) is 43.6 Å². The number of aromatic nitrogens is 2. The van der Waals surface area contributed by atoms with Gasteiger partial charge in [0.25, 0.3) is 5.97 Å². The maximum Gasteiger partial charge on any atom is 0.305 e. The fourth-order valence-electron chi connectivity index (χ4n) is 7.00. The molecule has 0 spiro atoms. The fraction of sp³-hybridized carbons (Fsp3) is 0.373. The van der Waals surface area contributed by atoms with Gasteiger partial charge in [-0.15, -0.1) is 0 Å². The third-order valence-electron chi connectivity index (χ3n) is 10.8. The van der Waals surface area contributed by atoms with Crippen LogP contribution in [0, 0.1) is 5.41 Å². The first-order valence-corrected chi connectivity index (χ1v) is 24.3. The molecule has 6 atom stereocenters. The number of nitrogens with one attached hydrogen (secondary N) is 9. The number of carboxylic acid groups (broad SMARTS) is 3. The number of carbonyl (C=O) groups excluding carboxylic acids is 7. The van der Waals surface area contributed by atoms with E-state index in [1.165, 1.54) is 43.7 Å². The summed E-state index contributed by atoms with van der Waals surface area (Å²) < 4.78 is 0. The fourth-order valence-corrected chi connectivity index (χ4v) is 7.00. The van der Waals surface area contributed by atoms with Gasteiger partial charge >= 0.3 is 11.9 Å². The van der Waals surface area contributed by atoms with Crippen molar-refractivity contribution in [2.75, 3.05) is 13.1 Å². The Labute approximate surface area is 448 Å². The van der Waals surface area contributed by atoms with Crippen molar-refractivity contribution in [3.05, 3.63) is 120 Å². The van der Waals surface area contributed by atoms with E-state index in [-0.39, 0.29) is 49.7 Å². The van der Waals surface area contributed by atoms with Crippen LogP contribution in [0.3, 0.4) is 0 Å². The van der Waals surface area contributed by atoms with Crippen LogP contribution in [0.1, 0.15) is 68.3 Å². The number of guanidine groups is 1. The number of phenols is 1. The predicted molar refractivity (Wildman–Crippen MR) is 281 cm³/mol. The normalized spacial score (nSPS) is 12.7. The lowest BCUT2D eigenvalue weighted by atomic mass is 10.0. The van der Waals surface area contributed by atoms with E-state index in [2.05, 4.69) is 47.2 Å². The monoisotopic (exact) mass is 1090 g/mol. The molecule has 0 bridgehead atoms. The van der Waals surface area contributed by atoms with Gasteiger partial charge in [-0.05, 0) is 54.5 Å². The van der Waals surface area contributed by atoms with Gasteiger partial charge in [0.15, 0.2) is 5.96 Å². The van der Waals surface area contributed by atoms with E-state index in [1.54, 1.807) is 30.3 Å². The minimum Gasteiger partial charge on any atom is -0.508 e. The Balaban J connectivity index is 0.000000542. The molecule has 0 saturated carbocycles. The average molecular weight is 1090 g/mol. The summed E-state index contributed by atoms with van der Waals surface area (Å²) >= 11 is 0. The Bertz CT molecular complexity index is 2590. The van der Waals surface area contributed by atoms with Gasteiger partial charge in [-0.1, -0.05) is 72.8 Å². The lowest BCUT2D eigenvalue weighted by Gasteiger charge is -2.25. The molecule has 1 aromatic heterocycles. The van der Waals surface area contributed by atoms with Gasteiger partial charge in [-0.3, -0.25) is 53.4 Å². The highest BCUT2D eigenvalue weighted by atomic mass is 16.4. The second-order valence-electron chi connectivity index (χ2n) is 17.4. The van der Waals surface area contributed by atoms with Crippen LogP contribution in [0.15, 0.2) is 97.5 Å². The Morgan fingerprint density at radius 1 is 0.590 bits per heavy atom. The van der Waals surface area contributed by atoms with Crippen LogP contribution < -0.4 is 54.4 Å². The van der Waals surface area contributed by atoms with E-state index < -0.39 is 96.0 Å². The van der Waals surface area contributed by atoms with E-state index in [4.69, 9.17) is 37.6 Å². The predicted octanol–water partition coefficient (Wildman–Crippen LogP) is -1.56. The summed E-state index contributed by atoms with van der Waals surface area (Å²) in [6.45, 7) is 3.06. The third-order valence-corrected chi connectivity index (χ3v) is 10.8. The van der Waals surface area contributed by atoms with Crippen molar-refractivity contribution in [3.8, 4) is 5.75 Å². The van der Waals surface area contributed by atoms with Crippen LogP contribution in [0.2, 0.25) is 0 Å². The number of aromatic hydroxyl groups is 1. The number of carboxylic acids is 3. The van der Waals surface area contributed by atoms with Crippen LogP contribution in [0.5, 0.6) is 5.75 Å². The Morgan fingerprint density at radius 2 is 1.10 bits per heavy atom. The minimum atomic E-state index is -1.66. The van der Waals surface area contributed by atoms with Gasteiger partial charge in [-0.2, -0.15) is 0 Å². The quantitative estimate of drug-likeness (QED) is 0.0166. The number of benzene rings is 3. The molecular weight excluding hydrogens is 1020 g/mol. The highest BCUT2D eigenvalue weighted by Crippen LogP contribution is 2.13. The number of nitrogens with zero attached hydrogens (tertiary/aromatic N) is 1. The van der Waals surface area contributed by atoms with Crippen molar-refractivity contribution < 1.29 is 68.4 Å². The largest absolute Gasteiger partial charge is 0.508 e. The molecule has 27 nitrogen and oxygen atoms in total. The number of aromatic amines is 1. The summed E-state index contributed by atoms with van der Waals surface area (Å²) in [6, 6.07) is 17.2. The van der Waals surface area contributed by atoms with Crippen LogP contribution in [0.25, 0.3) is 0 Å². The summed E-state index contributed by atoms with van der Waals surface area (Å²) in [6.07, 6.45) is 3.09. The topological polar surface area (TPSA) is 466 Å². The molecule has 4 rings (SSSR count). The van der Waals surface area contributed by atoms with Crippen molar-refractivity contribution in [3.63, 3.8) is 0 Å². The number of H-pyrrole nitrogens is 1. The minimum absolute atomic E-state index is 0.00637. The molecule has 3 aromatic carbocycles. The van der Waals surface area contributed by atoms with Crippen molar-refractivity contribution in [2.24, 2.45) is 17.2 Å². The zero-order valence-electron chi connectivity index (χ0n) is 43.0. The molecule has 19 N–H and O–H groups in total. The van der Waals surface area contributed by atoms with Gasteiger partial charge in [0, 0.05) is 58.8 Å². The molecule has 0 radical (unpaired) electrons. The van der Waals surface area contributed by atoms with Gasteiger partial charge in [0.05, 0.1) is 24.5 Å². The number of aliphatic carboxylic acids is 3. The Hall–Kier alpha value is -9.40. The molecule has 0 unspecified atom stereocenters. The lowest BCUT2D eigenvalue weighted by Crippen LogP contribution is -2.59. The maximum atomic E-state index is 13.4. The van der Waals surface area contributed by atoms with Crippen molar-refractivity contribution in [1.29, 1.82) is 5.41 Å². The number of nitrogens with two attached hydrogens (primary N) is 3. The number of imidazole rings is 1. The number of hydrogen-bond donors (Lipinski definition) is 16. The van der Waals surface area contributed by atoms with Crippen LogP contribution in [-0.4, -0.2) is 145 Å². The average Bonchev–Trinajstić information content (AvgIpc) is 3.90. The first-order chi connectivity index (χ1) is 36.9. The van der Waals surface area contributed by atoms with Crippen LogP contribution in [0.4, 0.5) is 0 Å². The second kappa shape index (κ2) is 35.0. The Morgan fingerprint density at radius 3 is 1.63 bits per heavy atom. The molecule has 4 aromatic rings. The molecule has 1 heterocycles. The number of amides is 7. The number of phenolic OH excluding ortho intramolecular Hbond substituents is 1. The standard InChI is InChI=1S/C30H35N7O8.C19H30N6O4.C2H4O2/c1-17(38)34-23(12-19-7-9-21(39)10-8-19)28(43)37-25(14-26(40)41)30(45)36-24(13-20-15-32-16-33-20)29(44)35-22(27(31)42)11-18-5-3-2-4-6-18;20-14(8-9-16(26)27)17(28)25-15(7-4-11-24-19(21)22)18(29)23-12-10-13-5-2-1-3-6-13;1-2(3)4/h2-10,15-16,22-25,39H,11-14H2,1H3,(H2,31,42)(H,32,33)(H,34,38)(H,35,44)(H,36,45)(H,37,43)(H,40,41);1-3,5-6,14-15H,4,7-12,20H2,(H,23,29)(H,25,28)(H,26,27)(H4,21,22,24);1H3,(H,3,4)/t22-,23-,24-,25-;14-,15-;/m00./s1. The second-order valence-corrected chi connectivity index (χ2v) is 17.4. The number of carbonyl (C=O) groups is 10. The van der Waals surface area contributed by atoms with Gasteiger partial charge < -0.3 is 79.8 Å².